The molecule has 2 rings (SSSR count). The first-order valence-electron chi connectivity index (χ1n) is 7.29. The molecule has 4 nitrogen and oxygen atoms in total. The zero-order valence-electron chi connectivity index (χ0n) is 12.6. The van der Waals surface area contributed by atoms with Crippen molar-refractivity contribution >= 4 is 11.6 Å². The summed E-state index contributed by atoms with van der Waals surface area (Å²) in [5, 5.41) is 3.33. The van der Waals surface area contributed by atoms with E-state index in [9.17, 15) is 4.79 Å². The molecule has 1 saturated heterocycles. The highest BCUT2D eigenvalue weighted by Crippen LogP contribution is 2.14. The Morgan fingerprint density at radius 3 is 2.60 bits per heavy atom. The Morgan fingerprint density at radius 1 is 1.30 bits per heavy atom. The van der Waals surface area contributed by atoms with Gasteiger partial charge in [0.25, 0.3) is 0 Å². The third kappa shape index (κ3) is 3.97. The Kier molecular flexibility index (Phi) is 5.01. The molecule has 0 spiro atoms. The van der Waals surface area contributed by atoms with Crippen LogP contribution in [0, 0.1) is 6.92 Å². The van der Waals surface area contributed by atoms with E-state index in [0.29, 0.717) is 26.1 Å². The van der Waals surface area contributed by atoms with Crippen molar-refractivity contribution in [2.45, 2.75) is 39.4 Å². The number of aryl methyl sites for hydroxylation is 1. The van der Waals surface area contributed by atoms with E-state index in [2.05, 4.69) is 18.3 Å². The first-order valence-corrected chi connectivity index (χ1v) is 7.29. The summed E-state index contributed by atoms with van der Waals surface area (Å²) < 4.78 is 5.65. The molecule has 1 aromatic rings. The fourth-order valence-corrected chi connectivity index (χ4v) is 2.61. The first-order chi connectivity index (χ1) is 9.56. The molecule has 1 amide bonds. The summed E-state index contributed by atoms with van der Waals surface area (Å²) >= 11 is 0. The summed E-state index contributed by atoms with van der Waals surface area (Å²) in [6, 6.07) is 8.12. The SMILES string of the molecule is Cc1ccccc1NCCC(=O)N1C[C@@H](C)O[C@@H](C)C1. The number of rotatable bonds is 4. The molecule has 0 radical (unpaired) electrons. The quantitative estimate of drug-likeness (QED) is 0.918. The molecule has 0 unspecified atom stereocenters. The van der Waals surface area contributed by atoms with Gasteiger partial charge in [-0.3, -0.25) is 4.79 Å². The second-order valence-corrected chi connectivity index (χ2v) is 5.55. The summed E-state index contributed by atoms with van der Waals surface area (Å²) in [6.45, 7) is 8.17. The van der Waals surface area contributed by atoms with Crippen LogP contribution < -0.4 is 5.32 Å². The molecule has 1 N–H and O–H groups in total. The lowest BCUT2D eigenvalue weighted by Gasteiger charge is -2.35. The number of benzene rings is 1. The number of anilines is 1. The monoisotopic (exact) mass is 276 g/mol. The van der Waals surface area contributed by atoms with Gasteiger partial charge in [-0.1, -0.05) is 18.2 Å². The largest absolute Gasteiger partial charge is 0.384 e. The van der Waals surface area contributed by atoms with Crippen molar-refractivity contribution in [2.24, 2.45) is 0 Å². The third-order valence-electron chi connectivity index (χ3n) is 3.57. The van der Waals surface area contributed by atoms with Crippen LogP contribution in [0.3, 0.4) is 0 Å². The maximum Gasteiger partial charge on any atom is 0.224 e. The molecule has 0 aromatic heterocycles. The smallest absolute Gasteiger partial charge is 0.224 e. The molecule has 110 valence electrons. The predicted molar refractivity (Wildman–Crippen MR) is 80.9 cm³/mol. The maximum atomic E-state index is 12.2. The van der Waals surface area contributed by atoms with Gasteiger partial charge >= 0.3 is 0 Å². The fourth-order valence-electron chi connectivity index (χ4n) is 2.61. The van der Waals surface area contributed by atoms with Crippen molar-refractivity contribution in [1.82, 2.24) is 4.90 Å². The molecular weight excluding hydrogens is 252 g/mol. The molecule has 1 aliphatic heterocycles. The summed E-state index contributed by atoms with van der Waals surface area (Å²) in [5.41, 5.74) is 2.30. The molecule has 2 atom stereocenters. The fraction of sp³-hybridized carbons (Fsp3) is 0.562. The van der Waals surface area contributed by atoms with Crippen LogP contribution in [0.1, 0.15) is 25.8 Å². The van der Waals surface area contributed by atoms with E-state index in [1.165, 1.54) is 5.56 Å². The molecule has 0 aliphatic carbocycles. The van der Waals surface area contributed by atoms with Crippen LogP contribution in [0.25, 0.3) is 0 Å². The van der Waals surface area contributed by atoms with Crippen molar-refractivity contribution in [3.63, 3.8) is 0 Å². The number of carbonyl (C=O) groups is 1. The highest BCUT2D eigenvalue weighted by atomic mass is 16.5. The summed E-state index contributed by atoms with van der Waals surface area (Å²) in [7, 11) is 0. The molecule has 4 heteroatoms. The Bertz CT molecular complexity index is 452. The van der Waals surface area contributed by atoms with E-state index >= 15 is 0 Å². The lowest BCUT2D eigenvalue weighted by Crippen LogP contribution is -2.48. The van der Waals surface area contributed by atoms with Gasteiger partial charge in [0.1, 0.15) is 0 Å². The zero-order chi connectivity index (χ0) is 14.5. The van der Waals surface area contributed by atoms with E-state index < -0.39 is 0 Å². The Hall–Kier alpha value is -1.55. The van der Waals surface area contributed by atoms with E-state index in [1.54, 1.807) is 0 Å². The molecule has 1 fully saturated rings. The van der Waals surface area contributed by atoms with Gasteiger partial charge in [0.05, 0.1) is 12.2 Å². The molecule has 1 aromatic carbocycles. The number of morpholine rings is 1. The molecular formula is C16H24N2O2. The minimum Gasteiger partial charge on any atom is -0.384 e. The zero-order valence-corrected chi connectivity index (χ0v) is 12.6. The Balaban J connectivity index is 1.79. The van der Waals surface area contributed by atoms with E-state index in [4.69, 9.17) is 4.74 Å². The third-order valence-corrected chi connectivity index (χ3v) is 3.57. The summed E-state index contributed by atoms with van der Waals surface area (Å²) in [6.07, 6.45) is 0.785. The second kappa shape index (κ2) is 6.75. The van der Waals surface area contributed by atoms with Crippen molar-refractivity contribution in [3.8, 4) is 0 Å². The van der Waals surface area contributed by atoms with Gasteiger partial charge in [-0.05, 0) is 32.4 Å². The standard InChI is InChI=1S/C16H24N2O2/c1-12-6-4-5-7-15(12)17-9-8-16(19)18-10-13(2)20-14(3)11-18/h4-7,13-14,17H,8-11H2,1-3H3/t13-,14+. The normalized spacial score (nSPS) is 22.6. The van der Waals surface area contributed by atoms with E-state index in [-0.39, 0.29) is 18.1 Å². The average Bonchev–Trinajstić information content (AvgIpc) is 2.39. The number of amides is 1. The topological polar surface area (TPSA) is 41.6 Å². The first kappa shape index (κ1) is 14.9. The molecule has 0 bridgehead atoms. The van der Waals surface area contributed by atoms with Crippen molar-refractivity contribution < 1.29 is 9.53 Å². The summed E-state index contributed by atoms with van der Waals surface area (Å²) in [4.78, 5) is 14.1. The van der Waals surface area contributed by atoms with Crippen LogP contribution in [-0.4, -0.2) is 42.6 Å². The number of carbonyl (C=O) groups excluding carboxylic acids is 1. The highest BCUT2D eigenvalue weighted by Gasteiger charge is 2.25. The van der Waals surface area contributed by atoms with Gasteiger partial charge in [0, 0.05) is 31.7 Å². The number of nitrogens with one attached hydrogen (secondary N) is 1. The maximum absolute atomic E-state index is 12.2. The van der Waals surface area contributed by atoms with Gasteiger partial charge in [0.15, 0.2) is 0 Å². The second-order valence-electron chi connectivity index (χ2n) is 5.55. The minimum atomic E-state index is 0.132. The van der Waals surface area contributed by atoms with Gasteiger partial charge in [0.2, 0.25) is 5.91 Å². The van der Waals surface area contributed by atoms with Crippen LogP contribution in [-0.2, 0) is 9.53 Å². The minimum absolute atomic E-state index is 0.132. The number of ether oxygens (including phenoxy) is 1. The van der Waals surface area contributed by atoms with Crippen molar-refractivity contribution in [3.05, 3.63) is 29.8 Å². The van der Waals surface area contributed by atoms with Crippen molar-refractivity contribution in [2.75, 3.05) is 25.0 Å². The van der Waals surface area contributed by atoms with E-state index in [0.717, 1.165) is 5.69 Å². The van der Waals surface area contributed by atoms with Crippen molar-refractivity contribution in [1.29, 1.82) is 0 Å². The Labute approximate surface area is 121 Å². The lowest BCUT2D eigenvalue weighted by molar-refractivity contribution is -0.142. The van der Waals surface area contributed by atoms with Gasteiger partial charge in [-0.25, -0.2) is 0 Å². The van der Waals surface area contributed by atoms with Crippen LogP contribution in [0.4, 0.5) is 5.69 Å². The summed E-state index contributed by atoms with van der Waals surface area (Å²) in [5.74, 6) is 0.202. The van der Waals surface area contributed by atoms with Gasteiger partial charge in [-0.15, -0.1) is 0 Å². The lowest BCUT2D eigenvalue weighted by atomic mass is 10.2. The number of para-hydroxylation sites is 1. The molecule has 20 heavy (non-hydrogen) atoms. The molecule has 0 saturated carbocycles. The highest BCUT2D eigenvalue weighted by molar-refractivity contribution is 5.77. The van der Waals surface area contributed by atoms with Crippen LogP contribution >= 0.6 is 0 Å². The van der Waals surface area contributed by atoms with Gasteiger partial charge < -0.3 is 15.0 Å². The predicted octanol–water partition coefficient (Wildman–Crippen LogP) is 2.43. The molecule has 1 heterocycles. The van der Waals surface area contributed by atoms with Crippen LogP contribution in [0.2, 0.25) is 0 Å². The van der Waals surface area contributed by atoms with Gasteiger partial charge in [-0.2, -0.15) is 0 Å². The number of hydrogen-bond acceptors (Lipinski definition) is 3. The number of hydrogen-bond donors (Lipinski definition) is 1. The Morgan fingerprint density at radius 2 is 1.95 bits per heavy atom. The average molecular weight is 276 g/mol. The van der Waals surface area contributed by atoms with Crippen LogP contribution in [0.5, 0.6) is 0 Å². The number of nitrogens with zero attached hydrogens (tertiary/aromatic N) is 1. The van der Waals surface area contributed by atoms with Crippen LogP contribution in [0.15, 0.2) is 24.3 Å². The molecule has 1 aliphatic rings. The van der Waals surface area contributed by atoms with E-state index in [1.807, 2.05) is 36.9 Å².